The highest BCUT2D eigenvalue weighted by atomic mass is 35.5. The smallest absolute Gasteiger partial charge is 0.234 e. The van der Waals surface area contributed by atoms with Gasteiger partial charge in [0, 0.05) is 63.9 Å². The van der Waals surface area contributed by atoms with Crippen molar-refractivity contribution in [3.8, 4) is 0 Å². The first-order chi connectivity index (χ1) is 15.7. The van der Waals surface area contributed by atoms with Crippen molar-refractivity contribution in [1.29, 1.82) is 0 Å². The molecule has 2 saturated heterocycles. The molecule has 0 saturated carbocycles. The van der Waals surface area contributed by atoms with Crippen molar-refractivity contribution in [2.75, 3.05) is 59.0 Å². The van der Waals surface area contributed by atoms with Gasteiger partial charge >= 0.3 is 0 Å². The maximum absolute atomic E-state index is 12.6. The van der Waals surface area contributed by atoms with Gasteiger partial charge in [-0.15, -0.1) is 0 Å². The van der Waals surface area contributed by atoms with Gasteiger partial charge in [0.1, 0.15) is 0 Å². The largest absolute Gasteiger partial charge is 0.379 e. The highest BCUT2D eigenvalue weighted by Gasteiger charge is 2.19. The Morgan fingerprint density at radius 1 is 0.812 bits per heavy atom. The highest BCUT2D eigenvalue weighted by Crippen LogP contribution is 2.14. The van der Waals surface area contributed by atoms with Crippen LogP contribution in [0.5, 0.6) is 0 Å². The van der Waals surface area contributed by atoms with Crippen LogP contribution in [0.25, 0.3) is 0 Å². The fourth-order valence-electron chi connectivity index (χ4n) is 4.29. The molecule has 2 aromatic carbocycles. The fourth-order valence-corrected chi connectivity index (χ4v) is 4.42. The number of halogens is 1. The summed E-state index contributed by atoms with van der Waals surface area (Å²) in [6.07, 6.45) is 0. The Hall–Kier alpha value is -1.96. The number of ether oxygens (including phenoxy) is 1. The molecule has 0 spiro atoms. The van der Waals surface area contributed by atoms with E-state index in [2.05, 4.69) is 50.3 Å². The third-order valence-corrected chi connectivity index (χ3v) is 6.50. The van der Waals surface area contributed by atoms with Gasteiger partial charge in [0.15, 0.2) is 0 Å². The standard InChI is InChI=1S/C25H33ClN4O2/c26-24-7-5-21(6-8-24)18-28-9-11-29(12-10-28)20-25(31)27-17-22-3-1-2-4-23(22)19-30-13-15-32-16-14-30/h1-8H,9-20H2,(H,27,31). The predicted octanol–water partition coefficient (Wildman–Crippen LogP) is 2.61. The predicted molar refractivity (Wildman–Crippen MR) is 128 cm³/mol. The Balaban J connectivity index is 1.19. The first kappa shape index (κ1) is 23.2. The van der Waals surface area contributed by atoms with Gasteiger partial charge in [-0.1, -0.05) is 48.0 Å². The van der Waals surface area contributed by atoms with Crippen molar-refractivity contribution in [2.45, 2.75) is 19.6 Å². The summed E-state index contributed by atoms with van der Waals surface area (Å²) in [5, 5.41) is 3.90. The van der Waals surface area contributed by atoms with Gasteiger partial charge in [-0.05, 0) is 28.8 Å². The minimum atomic E-state index is 0.0947. The van der Waals surface area contributed by atoms with Gasteiger partial charge in [-0.25, -0.2) is 0 Å². The van der Waals surface area contributed by atoms with Crippen LogP contribution in [0, 0.1) is 0 Å². The van der Waals surface area contributed by atoms with Crippen LogP contribution in [0.4, 0.5) is 0 Å². The number of nitrogens with zero attached hydrogens (tertiary/aromatic N) is 3. The lowest BCUT2D eigenvalue weighted by atomic mass is 10.1. The molecule has 2 aliphatic heterocycles. The first-order valence-electron chi connectivity index (χ1n) is 11.5. The molecule has 172 valence electrons. The third-order valence-electron chi connectivity index (χ3n) is 6.24. The second-order valence-corrected chi connectivity index (χ2v) is 9.05. The number of hydrogen-bond acceptors (Lipinski definition) is 5. The average molecular weight is 457 g/mol. The Bertz CT molecular complexity index is 863. The lowest BCUT2D eigenvalue weighted by Gasteiger charge is -2.34. The molecular formula is C25H33ClN4O2. The van der Waals surface area contributed by atoms with Crippen LogP contribution in [0.1, 0.15) is 16.7 Å². The summed E-state index contributed by atoms with van der Waals surface area (Å²) in [4.78, 5) is 19.7. The Morgan fingerprint density at radius 3 is 2.16 bits per heavy atom. The first-order valence-corrected chi connectivity index (χ1v) is 11.9. The molecular weight excluding hydrogens is 424 g/mol. The van der Waals surface area contributed by atoms with Gasteiger partial charge < -0.3 is 10.1 Å². The van der Waals surface area contributed by atoms with E-state index in [1.54, 1.807) is 0 Å². The zero-order chi connectivity index (χ0) is 22.2. The fraction of sp³-hybridized carbons (Fsp3) is 0.480. The van der Waals surface area contributed by atoms with Gasteiger partial charge in [0.25, 0.3) is 0 Å². The van der Waals surface area contributed by atoms with E-state index in [0.29, 0.717) is 13.1 Å². The summed E-state index contributed by atoms with van der Waals surface area (Å²) >= 11 is 5.97. The molecule has 6 nitrogen and oxygen atoms in total. The topological polar surface area (TPSA) is 48.1 Å². The summed E-state index contributed by atoms with van der Waals surface area (Å²) in [6.45, 7) is 10.2. The monoisotopic (exact) mass is 456 g/mol. The summed E-state index contributed by atoms with van der Waals surface area (Å²) in [5.74, 6) is 0.0947. The van der Waals surface area contributed by atoms with Gasteiger partial charge in [-0.2, -0.15) is 0 Å². The molecule has 32 heavy (non-hydrogen) atoms. The second kappa shape index (κ2) is 11.8. The zero-order valence-corrected chi connectivity index (χ0v) is 19.4. The van der Waals surface area contributed by atoms with Crippen LogP contribution in [0.2, 0.25) is 5.02 Å². The molecule has 2 aliphatic rings. The lowest BCUT2D eigenvalue weighted by Crippen LogP contribution is -2.49. The number of morpholine rings is 1. The summed E-state index contributed by atoms with van der Waals surface area (Å²) in [5.41, 5.74) is 3.75. The molecule has 7 heteroatoms. The van der Waals surface area contributed by atoms with Gasteiger partial charge in [0.2, 0.25) is 5.91 Å². The Morgan fingerprint density at radius 2 is 1.44 bits per heavy atom. The third kappa shape index (κ3) is 7.02. The molecule has 2 aromatic rings. The van der Waals surface area contributed by atoms with E-state index in [9.17, 15) is 4.79 Å². The molecule has 2 fully saturated rings. The van der Waals surface area contributed by atoms with Crippen molar-refractivity contribution in [1.82, 2.24) is 20.0 Å². The van der Waals surface area contributed by atoms with Crippen LogP contribution in [-0.2, 0) is 29.2 Å². The average Bonchev–Trinajstić information content (AvgIpc) is 2.82. The van der Waals surface area contributed by atoms with Crippen molar-refractivity contribution in [3.63, 3.8) is 0 Å². The normalized spacial score (nSPS) is 18.5. The van der Waals surface area contributed by atoms with Crippen LogP contribution in [0.3, 0.4) is 0 Å². The van der Waals surface area contributed by atoms with E-state index in [4.69, 9.17) is 16.3 Å². The minimum Gasteiger partial charge on any atom is -0.379 e. The van der Waals surface area contributed by atoms with E-state index < -0.39 is 0 Å². The number of carbonyl (C=O) groups is 1. The molecule has 0 bridgehead atoms. The maximum atomic E-state index is 12.6. The molecule has 0 aliphatic carbocycles. The zero-order valence-electron chi connectivity index (χ0n) is 18.6. The number of rotatable bonds is 8. The SMILES string of the molecule is O=C(CN1CCN(Cc2ccc(Cl)cc2)CC1)NCc1ccccc1CN1CCOCC1. The van der Waals surface area contributed by atoms with Crippen LogP contribution >= 0.6 is 11.6 Å². The number of amides is 1. The van der Waals surface area contributed by atoms with E-state index in [-0.39, 0.29) is 5.91 Å². The minimum absolute atomic E-state index is 0.0947. The van der Waals surface area contributed by atoms with Crippen LogP contribution in [-0.4, -0.2) is 79.6 Å². The molecule has 2 heterocycles. The quantitative estimate of drug-likeness (QED) is 0.661. The molecule has 0 aromatic heterocycles. The number of carbonyl (C=O) groups excluding carboxylic acids is 1. The Kier molecular flexibility index (Phi) is 8.54. The summed E-state index contributed by atoms with van der Waals surface area (Å²) in [6, 6.07) is 16.4. The molecule has 1 N–H and O–H groups in total. The molecule has 4 rings (SSSR count). The van der Waals surface area contributed by atoms with Crippen molar-refractivity contribution < 1.29 is 9.53 Å². The molecule has 0 unspecified atom stereocenters. The lowest BCUT2D eigenvalue weighted by molar-refractivity contribution is -0.122. The molecule has 0 atom stereocenters. The van der Waals surface area contributed by atoms with E-state index >= 15 is 0 Å². The van der Waals surface area contributed by atoms with Gasteiger partial charge in [0.05, 0.1) is 19.8 Å². The van der Waals surface area contributed by atoms with Crippen molar-refractivity contribution >= 4 is 17.5 Å². The summed E-state index contributed by atoms with van der Waals surface area (Å²) < 4.78 is 5.45. The van der Waals surface area contributed by atoms with Crippen LogP contribution < -0.4 is 5.32 Å². The van der Waals surface area contributed by atoms with E-state index in [1.165, 1.54) is 16.7 Å². The Labute approximate surface area is 196 Å². The summed E-state index contributed by atoms with van der Waals surface area (Å²) in [7, 11) is 0. The second-order valence-electron chi connectivity index (χ2n) is 8.61. The van der Waals surface area contributed by atoms with E-state index in [1.807, 2.05) is 18.2 Å². The molecule has 1 amide bonds. The number of benzene rings is 2. The van der Waals surface area contributed by atoms with Crippen LogP contribution in [0.15, 0.2) is 48.5 Å². The van der Waals surface area contributed by atoms with E-state index in [0.717, 1.165) is 70.6 Å². The molecule has 0 radical (unpaired) electrons. The van der Waals surface area contributed by atoms with Gasteiger partial charge in [-0.3, -0.25) is 19.5 Å². The number of nitrogens with one attached hydrogen (secondary N) is 1. The number of piperazine rings is 1. The van der Waals surface area contributed by atoms with Crippen molar-refractivity contribution in [3.05, 3.63) is 70.2 Å². The number of hydrogen-bond donors (Lipinski definition) is 1. The highest BCUT2D eigenvalue weighted by molar-refractivity contribution is 6.30. The maximum Gasteiger partial charge on any atom is 0.234 e. The van der Waals surface area contributed by atoms with Crippen molar-refractivity contribution in [2.24, 2.45) is 0 Å².